The Hall–Kier alpha value is -3.40. The SMILES string of the molecule is Cc1ccc(Nc2cc3c(=O)c4cc(C)ccc4[nH]c3cc2C=O)c(C)c1. The first-order valence-corrected chi connectivity index (χ1v) is 8.86. The number of aromatic nitrogens is 1. The van der Waals surface area contributed by atoms with Crippen LogP contribution in [0.4, 0.5) is 11.4 Å². The number of hydrogen-bond acceptors (Lipinski definition) is 3. The molecule has 0 radical (unpaired) electrons. The van der Waals surface area contributed by atoms with Gasteiger partial charge in [0.2, 0.25) is 0 Å². The molecule has 0 bridgehead atoms. The van der Waals surface area contributed by atoms with Crippen LogP contribution in [0.2, 0.25) is 0 Å². The third-order valence-electron chi connectivity index (χ3n) is 4.90. The zero-order valence-electron chi connectivity index (χ0n) is 15.5. The zero-order valence-corrected chi connectivity index (χ0v) is 15.5. The average molecular weight is 356 g/mol. The maximum atomic E-state index is 13.0. The summed E-state index contributed by atoms with van der Waals surface area (Å²) in [5.41, 5.74) is 6.71. The number of carbonyl (C=O) groups excluding carboxylic acids is 1. The Morgan fingerprint density at radius 2 is 1.52 bits per heavy atom. The molecule has 0 saturated carbocycles. The quantitative estimate of drug-likeness (QED) is 0.393. The molecule has 0 saturated heterocycles. The Morgan fingerprint density at radius 3 is 2.26 bits per heavy atom. The molecule has 1 aromatic heterocycles. The molecule has 0 aliphatic heterocycles. The van der Waals surface area contributed by atoms with Crippen molar-refractivity contribution in [2.45, 2.75) is 20.8 Å². The van der Waals surface area contributed by atoms with Crippen molar-refractivity contribution in [2.24, 2.45) is 0 Å². The summed E-state index contributed by atoms with van der Waals surface area (Å²) in [6.07, 6.45) is 0.808. The van der Waals surface area contributed by atoms with Crippen molar-refractivity contribution >= 4 is 39.5 Å². The topological polar surface area (TPSA) is 62.0 Å². The number of benzene rings is 3. The monoisotopic (exact) mass is 356 g/mol. The fraction of sp³-hybridized carbons (Fsp3) is 0.130. The number of rotatable bonds is 3. The molecule has 4 rings (SSSR count). The molecular weight excluding hydrogens is 336 g/mol. The van der Waals surface area contributed by atoms with Crippen molar-refractivity contribution < 1.29 is 4.79 Å². The van der Waals surface area contributed by atoms with E-state index >= 15 is 0 Å². The highest BCUT2D eigenvalue weighted by atomic mass is 16.1. The molecular formula is C23H20N2O2. The van der Waals surface area contributed by atoms with Gasteiger partial charge in [0.15, 0.2) is 11.7 Å². The number of aryl methyl sites for hydroxylation is 3. The number of fused-ring (bicyclic) bond motifs is 2. The minimum absolute atomic E-state index is 0.0384. The molecule has 0 amide bonds. The number of H-pyrrole nitrogens is 1. The minimum Gasteiger partial charge on any atom is -0.355 e. The highest BCUT2D eigenvalue weighted by molar-refractivity contribution is 5.99. The van der Waals surface area contributed by atoms with E-state index in [0.717, 1.165) is 28.6 Å². The Balaban J connectivity index is 1.94. The normalized spacial score (nSPS) is 11.1. The maximum Gasteiger partial charge on any atom is 0.197 e. The van der Waals surface area contributed by atoms with Gasteiger partial charge in [-0.2, -0.15) is 0 Å². The summed E-state index contributed by atoms with van der Waals surface area (Å²) in [4.78, 5) is 28.0. The fourth-order valence-electron chi connectivity index (χ4n) is 3.46. The molecule has 4 nitrogen and oxygen atoms in total. The van der Waals surface area contributed by atoms with Crippen LogP contribution in [0.15, 0.2) is 53.3 Å². The van der Waals surface area contributed by atoms with Crippen LogP contribution >= 0.6 is 0 Å². The standard InChI is InChI=1S/C23H20N2O2/c1-13-4-6-19(15(3)8-13)24-21-11-18-22(10-16(21)12-26)25-20-7-5-14(2)9-17(20)23(18)27/h4-12,24H,1-3H3,(H,25,27). The summed E-state index contributed by atoms with van der Waals surface area (Å²) in [5.74, 6) is 0. The van der Waals surface area contributed by atoms with Crippen molar-refractivity contribution in [1.29, 1.82) is 0 Å². The molecule has 0 aliphatic rings. The Morgan fingerprint density at radius 1 is 0.815 bits per heavy atom. The molecule has 2 N–H and O–H groups in total. The lowest BCUT2D eigenvalue weighted by Crippen LogP contribution is -2.07. The Bertz CT molecular complexity index is 1270. The van der Waals surface area contributed by atoms with Gasteiger partial charge in [-0.25, -0.2) is 0 Å². The molecule has 134 valence electrons. The summed E-state index contributed by atoms with van der Waals surface area (Å²) in [5, 5.41) is 4.53. The summed E-state index contributed by atoms with van der Waals surface area (Å²) in [6, 6.07) is 15.3. The van der Waals surface area contributed by atoms with Gasteiger partial charge in [0, 0.05) is 33.2 Å². The zero-order chi connectivity index (χ0) is 19.1. The molecule has 4 heteroatoms. The van der Waals surface area contributed by atoms with Crippen molar-refractivity contribution in [3.05, 3.63) is 81.0 Å². The second kappa shape index (κ2) is 6.40. The minimum atomic E-state index is -0.0384. The van der Waals surface area contributed by atoms with Gasteiger partial charge in [-0.3, -0.25) is 9.59 Å². The highest BCUT2D eigenvalue weighted by Gasteiger charge is 2.11. The summed E-state index contributed by atoms with van der Waals surface area (Å²) in [6.45, 7) is 6.02. The van der Waals surface area contributed by atoms with E-state index in [9.17, 15) is 9.59 Å². The van der Waals surface area contributed by atoms with E-state index in [0.29, 0.717) is 27.5 Å². The van der Waals surface area contributed by atoms with Crippen LogP contribution in [0.25, 0.3) is 21.8 Å². The van der Waals surface area contributed by atoms with Crippen LogP contribution in [0.5, 0.6) is 0 Å². The lowest BCUT2D eigenvalue weighted by Gasteiger charge is -2.13. The number of pyridine rings is 1. The van der Waals surface area contributed by atoms with E-state index in [2.05, 4.69) is 16.4 Å². The Labute approximate surface area is 156 Å². The molecule has 0 unspecified atom stereocenters. The van der Waals surface area contributed by atoms with Crippen molar-refractivity contribution in [3.63, 3.8) is 0 Å². The van der Waals surface area contributed by atoms with Gasteiger partial charge < -0.3 is 10.3 Å². The molecule has 1 heterocycles. The van der Waals surface area contributed by atoms with Crippen LogP contribution in [-0.4, -0.2) is 11.3 Å². The maximum absolute atomic E-state index is 13.0. The number of hydrogen-bond donors (Lipinski definition) is 2. The molecule has 27 heavy (non-hydrogen) atoms. The lowest BCUT2D eigenvalue weighted by atomic mass is 10.0. The smallest absolute Gasteiger partial charge is 0.197 e. The van der Waals surface area contributed by atoms with E-state index in [-0.39, 0.29) is 5.43 Å². The summed E-state index contributed by atoms with van der Waals surface area (Å²) < 4.78 is 0. The molecule has 0 atom stereocenters. The van der Waals surface area contributed by atoms with Gasteiger partial charge in [-0.15, -0.1) is 0 Å². The predicted octanol–water partition coefficient (Wildman–Crippen LogP) is 5.16. The predicted molar refractivity (Wildman–Crippen MR) is 111 cm³/mol. The van der Waals surface area contributed by atoms with Crippen LogP contribution in [0.1, 0.15) is 27.0 Å². The average Bonchev–Trinajstić information content (AvgIpc) is 2.65. The van der Waals surface area contributed by atoms with Crippen molar-refractivity contribution in [2.75, 3.05) is 5.32 Å². The van der Waals surface area contributed by atoms with Crippen LogP contribution in [0.3, 0.4) is 0 Å². The molecule has 3 aromatic carbocycles. The lowest BCUT2D eigenvalue weighted by molar-refractivity contribution is 0.112. The van der Waals surface area contributed by atoms with E-state index in [1.54, 1.807) is 12.1 Å². The summed E-state index contributed by atoms with van der Waals surface area (Å²) in [7, 11) is 0. The third-order valence-corrected chi connectivity index (χ3v) is 4.90. The first-order chi connectivity index (χ1) is 13.0. The molecule has 0 aliphatic carbocycles. The number of aromatic amines is 1. The number of anilines is 2. The van der Waals surface area contributed by atoms with E-state index in [1.165, 1.54) is 5.56 Å². The number of nitrogens with one attached hydrogen (secondary N) is 2. The largest absolute Gasteiger partial charge is 0.355 e. The van der Waals surface area contributed by atoms with Crippen molar-refractivity contribution in [3.8, 4) is 0 Å². The molecule has 4 aromatic rings. The number of carbonyl (C=O) groups is 1. The van der Waals surface area contributed by atoms with Crippen LogP contribution in [-0.2, 0) is 0 Å². The summed E-state index contributed by atoms with van der Waals surface area (Å²) >= 11 is 0. The second-order valence-electron chi connectivity index (χ2n) is 7.05. The fourth-order valence-corrected chi connectivity index (χ4v) is 3.46. The van der Waals surface area contributed by atoms with Gasteiger partial charge in [0.1, 0.15) is 0 Å². The Kier molecular flexibility index (Phi) is 4.04. The molecule has 0 spiro atoms. The van der Waals surface area contributed by atoms with Gasteiger partial charge in [0.05, 0.1) is 5.52 Å². The van der Waals surface area contributed by atoms with E-state index in [1.807, 2.05) is 51.1 Å². The number of aldehydes is 1. The van der Waals surface area contributed by atoms with Crippen LogP contribution in [0, 0.1) is 20.8 Å². The van der Waals surface area contributed by atoms with Gasteiger partial charge >= 0.3 is 0 Å². The van der Waals surface area contributed by atoms with Crippen LogP contribution < -0.4 is 10.7 Å². The first-order valence-electron chi connectivity index (χ1n) is 8.86. The highest BCUT2D eigenvalue weighted by Crippen LogP contribution is 2.27. The van der Waals surface area contributed by atoms with E-state index in [4.69, 9.17) is 0 Å². The van der Waals surface area contributed by atoms with Gasteiger partial charge in [0.25, 0.3) is 0 Å². The molecule has 0 fully saturated rings. The van der Waals surface area contributed by atoms with Gasteiger partial charge in [-0.05, 0) is 56.7 Å². The van der Waals surface area contributed by atoms with Crippen molar-refractivity contribution in [1.82, 2.24) is 4.98 Å². The second-order valence-corrected chi connectivity index (χ2v) is 7.05. The van der Waals surface area contributed by atoms with Gasteiger partial charge in [-0.1, -0.05) is 29.3 Å². The van der Waals surface area contributed by atoms with E-state index < -0.39 is 0 Å². The first kappa shape index (κ1) is 17.0. The third kappa shape index (κ3) is 2.99.